The number of non-ortho nitro benzene ring substituents is 1. The van der Waals surface area contributed by atoms with Crippen LogP contribution < -0.4 is 5.32 Å². The van der Waals surface area contributed by atoms with E-state index >= 15 is 0 Å². The molecule has 0 unspecified atom stereocenters. The minimum absolute atomic E-state index is 0.0225. The van der Waals surface area contributed by atoms with Gasteiger partial charge in [-0.25, -0.2) is 4.79 Å². The molecule has 0 spiro atoms. The lowest BCUT2D eigenvalue weighted by atomic mass is 10.2. The number of amides is 2. The van der Waals surface area contributed by atoms with E-state index in [0.717, 1.165) is 5.56 Å². The van der Waals surface area contributed by atoms with Crippen LogP contribution in [-0.4, -0.2) is 41.2 Å². The number of aryl methyl sites for hydroxylation is 1. The summed E-state index contributed by atoms with van der Waals surface area (Å²) in [5.74, 6) is 0. The van der Waals surface area contributed by atoms with E-state index in [2.05, 4.69) is 5.32 Å². The topological polar surface area (TPSA) is 84.7 Å². The zero-order valence-corrected chi connectivity index (χ0v) is 12.3. The van der Waals surface area contributed by atoms with Gasteiger partial charge >= 0.3 is 6.03 Å². The number of carbonyl (C=O) groups excluding carboxylic acids is 1. The quantitative estimate of drug-likeness (QED) is 0.670. The highest BCUT2D eigenvalue weighted by atomic mass is 16.6. The van der Waals surface area contributed by atoms with Crippen LogP contribution in [0.5, 0.6) is 0 Å². The standard InChI is InChI=1S/C14H19N3O4/c1-9-4-5-12(17(19)20)6-13(9)15-14(18)16-7-10(2)21-11(3)8-16/h4-6,10-11H,7-8H2,1-3H3,(H,15,18)/t10-,11-/m0/s1. The predicted molar refractivity (Wildman–Crippen MR) is 78.4 cm³/mol. The number of benzene rings is 1. The molecule has 114 valence electrons. The van der Waals surface area contributed by atoms with Gasteiger partial charge in [-0.1, -0.05) is 6.07 Å². The van der Waals surface area contributed by atoms with Gasteiger partial charge in [0, 0.05) is 25.2 Å². The Bertz CT molecular complexity index is 551. The maximum absolute atomic E-state index is 12.3. The molecule has 1 aromatic carbocycles. The molecule has 1 heterocycles. The normalized spacial score (nSPS) is 22.0. The largest absolute Gasteiger partial charge is 0.372 e. The molecule has 21 heavy (non-hydrogen) atoms. The second-order valence-corrected chi connectivity index (χ2v) is 5.35. The third-order valence-corrected chi connectivity index (χ3v) is 3.38. The van der Waals surface area contributed by atoms with Crippen molar-refractivity contribution < 1.29 is 14.5 Å². The summed E-state index contributed by atoms with van der Waals surface area (Å²) < 4.78 is 5.58. The smallest absolute Gasteiger partial charge is 0.322 e. The summed E-state index contributed by atoms with van der Waals surface area (Å²) in [4.78, 5) is 24.3. The number of anilines is 1. The molecule has 7 heteroatoms. The molecule has 0 aromatic heterocycles. The highest BCUT2D eigenvalue weighted by molar-refractivity contribution is 5.90. The van der Waals surface area contributed by atoms with Gasteiger partial charge in [-0.15, -0.1) is 0 Å². The van der Waals surface area contributed by atoms with Gasteiger partial charge in [-0.2, -0.15) is 0 Å². The van der Waals surface area contributed by atoms with Crippen molar-refractivity contribution in [2.24, 2.45) is 0 Å². The van der Waals surface area contributed by atoms with Crippen LogP contribution in [-0.2, 0) is 4.74 Å². The molecule has 2 amide bonds. The first-order chi connectivity index (χ1) is 9.86. The SMILES string of the molecule is Cc1ccc([N+](=O)[O-])cc1NC(=O)N1C[C@H](C)O[C@@H](C)C1. The molecule has 0 saturated carbocycles. The molecule has 1 N–H and O–H groups in total. The van der Waals surface area contributed by atoms with Crippen LogP contribution in [0.2, 0.25) is 0 Å². The van der Waals surface area contributed by atoms with E-state index in [1.807, 2.05) is 13.8 Å². The van der Waals surface area contributed by atoms with Gasteiger partial charge < -0.3 is 15.0 Å². The van der Waals surface area contributed by atoms with Crippen LogP contribution in [0.15, 0.2) is 18.2 Å². The second-order valence-electron chi connectivity index (χ2n) is 5.35. The van der Waals surface area contributed by atoms with Crippen molar-refractivity contribution in [2.75, 3.05) is 18.4 Å². The molecule has 0 bridgehead atoms. The lowest BCUT2D eigenvalue weighted by Crippen LogP contribution is -2.49. The maximum atomic E-state index is 12.3. The first-order valence-electron chi connectivity index (χ1n) is 6.83. The molecule has 1 aliphatic heterocycles. The van der Waals surface area contributed by atoms with Gasteiger partial charge in [-0.05, 0) is 26.3 Å². The van der Waals surface area contributed by atoms with Crippen LogP contribution in [0.25, 0.3) is 0 Å². The number of nitrogens with one attached hydrogen (secondary N) is 1. The van der Waals surface area contributed by atoms with Gasteiger partial charge in [0.15, 0.2) is 0 Å². The molecule has 1 saturated heterocycles. The Hall–Kier alpha value is -2.15. The van der Waals surface area contributed by atoms with Crippen molar-refractivity contribution in [1.29, 1.82) is 0 Å². The number of urea groups is 1. The Labute approximate surface area is 123 Å². The third-order valence-electron chi connectivity index (χ3n) is 3.38. The summed E-state index contributed by atoms with van der Waals surface area (Å²) in [6, 6.07) is 4.16. The number of morpholine rings is 1. The number of nitro benzene ring substituents is 1. The number of nitrogens with zero attached hydrogens (tertiary/aromatic N) is 2. The fourth-order valence-electron chi connectivity index (χ4n) is 2.40. The maximum Gasteiger partial charge on any atom is 0.322 e. The van der Waals surface area contributed by atoms with Gasteiger partial charge in [0.1, 0.15) is 0 Å². The van der Waals surface area contributed by atoms with Crippen molar-refractivity contribution in [3.8, 4) is 0 Å². The predicted octanol–water partition coefficient (Wildman–Crippen LogP) is 2.54. The molecule has 7 nitrogen and oxygen atoms in total. The fraction of sp³-hybridized carbons (Fsp3) is 0.500. The second kappa shape index (κ2) is 6.09. The highest BCUT2D eigenvalue weighted by Gasteiger charge is 2.26. The Morgan fingerprint density at radius 1 is 1.38 bits per heavy atom. The van der Waals surface area contributed by atoms with Crippen molar-refractivity contribution in [2.45, 2.75) is 33.0 Å². The monoisotopic (exact) mass is 293 g/mol. The van der Waals surface area contributed by atoms with Crippen molar-refractivity contribution >= 4 is 17.4 Å². The van der Waals surface area contributed by atoms with Gasteiger partial charge in [0.25, 0.3) is 5.69 Å². The molecule has 1 aliphatic rings. The van der Waals surface area contributed by atoms with Crippen LogP contribution in [0.4, 0.5) is 16.2 Å². The molecule has 1 fully saturated rings. The average molecular weight is 293 g/mol. The summed E-state index contributed by atoms with van der Waals surface area (Å²) in [6.45, 7) is 6.63. The third kappa shape index (κ3) is 3.69. The van der Waals surface area contributed by atoms with E-state index in [1.165, 1.54) is 12.1 Å². The zero-order valence-electron chi connectivity index (χ0n) is 12.3. The summed E-state index contributed by atoms with van der Waals surface area (Å²) in [5, 5.41) is 13.5. The van der Waals surface area contributed by atoms with Gasteiger partial charge in [0.2, 0.25) is 0 Å². The van der Waals surface area contributed by atoms with Crippen molar-refractivity contribution in [3.63, 3.8) is 0 Å². The molecule has 1 aromatic rings. The van der Waals surface area contributed by atoms with Crippen LogP contribution >= 0.6 is 0 Å². The zero-order chi connectivity index (χ0) is 15.6. The van der Waals surface area contributed by atoms with Gasteiger partial charge in [0.05, 0.1) is 22.8 Å². The first kappa shape index (κ1) is 15.2. The van der Waals surface area contributed by atoms with E-state index in [9.17, 15) is 14.9 Å². The number of carbonyl (C=O) groups is 1. The lowest BCUT2D eigenvalue weighted by Gasteiger charge is -2.35. The Balaban J connectivity index is 2.12. The van der Waals surface area contributed by atoms with E-state index in [0.29, 0.717) is 18.8 Å². The average Bonchev–Trinajstić information content (AvgIpc) is 2.39. The first-order valence-corrected chi connectivity index (χ1v) is 6.83. The van der Waals surface area contributed by atoms with Gasteiger partial charge in [-0.3, -0.25) is 10.1 Å². The summed E-state index contributed by atoms with van der Waals surface area (Å²) in [6.07, 6.45) is -0.0450. The number of hydrogen-bond donors (Lipinski definition) is 1. The Morgan fingerprint density at radius 2 is 2.00 bits per heavy atom. The molecule has 2 rings (SSSR count). The summed E-state index contributed by atoms with van der Waals surface area (Å²) >= 11 is 0. The minimum atomic E-state index is -0.478. The van der Waals surface area contributed by atoms with Crippen molar-refractivity contribution in [1.82, 2.24) is 4.90 Å². The molecule has 2 atom stereocenters. The molecule has 0 radical (unpaired) electrons. The Kier molecular flexibility index (Phi) is 4.42. The molecular weight excluding hydrogens is 274 g/mol. The number of ether oxygens (including phenoxy) is 1. The van der Waals surface area contributed by atoms with Crippen LogP contribution in [0, 0.1) is 17.0 Å². The summed E-state index contributed by atoms with van der Waals surface area (Å²) in [7, 11) is 0. The molecule has 0 aliphatic carbocycles. The van der Waals surface area contributed by atoms with Crippen molar-refractivity contribution in [3.05, 3.63) is 33.9 Å². The van der Waals surface area contributed by atoms with Crippen LogP contribution in [0.1, 0.15) is 19.4 Å². The van der Waals surface area contributed by atoms with E-state index in [4.69, 9.17) is 4.74 Å². The van der Waals surface area contributed by atoms with E-state index in [-0.39, 0.29) is 23.9 Å². The number of nitro groups is 1. The van der Waals surface area contributed by atoms with E-state index in [1.54, 1.807) is 17.9 Å². The minimum Gasteiger partial charge on any atom is -0.372 e. The molecular formula is C14H19N3O4. The number of rotatable bonds is 2. The lowest BCUT2D eigenvalue weighted by molar-refractivity contribution is -0.384. The van der Waals surface area contributed by atoms with E-state index < -0.39 is 4.92 Å². The van der Waals surface area contributed by atoms with Crippen LogP contribution in [0.3, 0.4) is 0 Å². The fourth-order valence-corrected chi connectivity index (χ4v) is 2.40. The summed E-state index contributed by atoms with van der Waals surface area (Å²) in [5.41, 5.74) is 1.20. The number of hydrogen-bond acceptors (Lipinski definition) is 4. The Morgan fingerprint density at radius 3 is 2.57 bits per heavy atom. The highest BCUT2D eigenvalue weighted by Crippen LogP contribution is 2.22.